The zero-order valence-corrected chi connectivity index (χ0v) is 21.5. The van der Waals surface area contributed by atoms with Gasteiger partial charge in [-0.25, -0.2) is 8.42 Å². The van der Waals surface area contributed by atoms with E-state index in [0.717, 1.165) is 32.1 Å². The van der Waals surface area contributed by atoms with Crippen molar-refractivity contribution in [1.82, 2.24) is 14.4 Å². The van der Waals surface area contributed by atoms with Crippen LogP contribution in [0, 0.1) is 0 Å². The van der Waals surface area contributed by atoms with Crippen LogP contribution < -0.4 is 21.5 Å². The lowest BCUT2D eigenvalue weighted by molar-refractivity contribution is -0.137. The fourth-order valence-corrected chi connectivity index (χ4v) is 5.93. The molecule has 2 aromatic rings. The molecule has 4 rings (SSSR count). The molecule has 0 spiro atoms. The third kappa shape index (κ3) is 6.48. The molecule has 0 radical (unpaired) electrons. The lowest BCUT2D eigenvalue weighted by atomic mass is 9.94. The van der Waals surface area contributed by atoms with E-state index in [1.54, 1.807) is 24.5 Å². The summed E-state index contributed by atoms with van der Waals surface area (Å²) < 4.78 is 32.7. The smallest absolute Gasteiger partial charge is 0.253 e. The highest BCUT2D eigenvalue weighted by Gasteiger charge is 2.35. The molecule has 1 saturated carbocycles. The molecule has 0 amide bonds. The number of rotatable bonds is 14. The Morgan fingerprint density at radius 3 is 2.61 bits per heavy atom. The summed E-state index contributed by atoms with van der Waals surface area (Å²) in [5, 5.41) is 6.01. The van der Waals surface area contributed by atoms with Gasteiger partial charge < -0.3 is 15.4 Å². The predicted octanol–water partition coefficient (Wildman–Crippen LogP) is 1.80. The Morgan fingerprint density at radius 1 is 1.17 bits per heavy atom. The van der Waals surface area contributed by atoms with E-state index < -0.39 is 27.1 Å². The Balaban J connectivity index is 1.29. The van der Waals surface area contributed by atoms with E-state index in [4.69, 9.17) is 9.57 Å². The minimum Gasteiger partial charge on any atom is -0.356 e. The summed E-state index contributed by atoms with van der Waals surface area (Å²) in [6, 6.07) is 3.34. The molecule has 198 valence electrons. The fourth-order valence-electron chi connectivity index (χ4n) is 4.28. The Hall–Kier alpha value is -2.38. The standard InChI is InChI=1S/C24H35N5O6S/c1-2-3-4-16-36(32,33)29(19-6-5-7-19)35-15-13-28-12-14-34-20(17-28)27-22-21(23(30)24(22)31)26-18-8-10-25-11-9-18/h8-11,19-20,27H,2-7,12-17H2,1H3,(H,25,26). The molecule has 1 aromatic heterocycles. The van der Waals surface area contributed by atoms with Crippen LogP contribution in [0.25, 0.3) is 0 Å². The van der Waals surface area contributed by atoms with Crippen molar-refractivity contribution in [2.75, 3.05) is 49.2 Å². The van der Waals surface area contributed by atoms with Crippen LogP contribution in [0.4, 0.5) is 17.1 Å². The van der Waals surface area contributed by atoms with Crippen molar-refractivity contribution in [3.63, 3.8) is 0 Å². The first-order valence-electron chi connectivity index (χ1n) is 12.6. The first-order valence-corrected chi connectivity index (χ1v) is 14.3. The number of hydrogen-bond donors (Lipinski definition) is 2. The van der Waals surface area contributed by atoms with Gasteiger partial charge in [-0.15, -0.1) is 0 Å². The number of ether oxygens (including phenoxy) is 1. The molecule has 12 heteroatoms. The molecule has 0 bridgehead atoms. The first kappa shape index (κ1) is 26.7. The van der Waals surface area contributed by atoms with Gasteiger partial charge in [0.05, 0.1) is 25.0 Å². The van der Waals surface area contributed by atoms with Gasteiger partial charge >= 0.3 is 0 Å². The monoisotopic (exact) mass is 521 g/mol. The number of hydrogen-bond acceptors (Lipinski definition) is 10. The topological polar surface area (TPSA) is 130 Å². The quantitative estimate of drug-likeness (QED) is 0.216. The van der Waals surface area contributed by atoms with Crippen LogP contribution in [0.5, 0.6) is 0 Å². The number of nitrogens with one attached hydrogen (secondary N) is 2. The number of sulfonamides is 1. The van der Waals surface area contributed by atoms with Crippen LogP contribution in [0.1, 0.15) is 45.4 Å². The zero-order valence-electron chi connectivity index (χ0n) is 20.6. The molecule has 1 aliphatic carbocycles. The summed E-state index contributed by atoms with van der Waals surface area (Å²) in [4.78, 5) is 36.1. The van der Waals surface area contributed by atoms with Gasteiger partial charge in [-0.1, -0.05) is 30.7 Å². The second kappa shape index (κ2) is 12.2. The van der Waals surface area contributed by atoms with Gasteiger partial charge in [0, 0.05) is 37.7 Å². The molecular weight excluding hydrogens is 486 g/mol. The third-order valence-electron chi connectivity index (χ3n) is 6.59. The lowest BCUT2D eigenvalue weighted by Crippen LogP contribution is -2.50. The number of pyridine rings is 1. The number of unbranched alkanes of at least 4 members (excludes halogenated alkanes) is 2. The Morgan fingerprint density at radius 2 is 1.92 bits per heavy atom. The first-order chi connectivity index (χ1) is 17.4. The average Bonchev–Trinajstić information content (AvgIpc) is 2.85. The predicted molar refractivity (Wildman–Crippen MR) is 137 cm³/mol. The van der Waals surface area contributed by atoms with Crippen molar-refractivity contribution in [3.8, 4) is 0 Å². The molecule has 1 saturated heterocycles. The summed E-state index contributed by atoms with van der Waals surface area (Å²) in [5.74, 6) is 0.110. The van der Waals surface area contributed by atoms with Gasteiger partial charge in [0.25, 0.3) is 10.9 Å². The van der Waals surface area contributed by atoms with Gasteiger partial charge in [-0.05, 0) is 31.4 Å². The van der Waals surface area contributed by atoms with Crippen LogP contribution >= 0.6 is 0 Å². The number of anilines is 3. The Kier molecular flexibility index (Phi) is 9.07. The maximum atomic E-state index is 12.8. The van der Waals surface area contributed by atoms with Crippen LogP contribution in [0.3, 0.4) is 0 Å². The number of morpholine rings is 1. The highest BCUT2D eigenvalue weighted by molar-refractivity contribution is 7.88. The van der Waals surface area contributed by atoms with Gasteiger partial charge in [-0.2, -0.15) is 0 Å². The summed E-state index contributed by atoms with van der Waals surface area (Å²) >= 11 is 0. The number of hydroxylamine groups is 1. The zero-order chi connectivity index (χ0) is 25.5. The summed E-state index contributed by atoms with van der Waals surface area (Å²) in [7, 11) is -3.45. The van der Waals surface area contributed by atoms with Crippen LogP contribution in [-0.4, -0.2) is 73.6 Å². The second-order valence-corrected chi connectivity index (χ2v) is 11.2. The molecule has 1 aromatic carbocycles. The van der Waals surface area contributed by atoms with Crippen molar-refractivity contribution in [2.24, 2.45) is 0 Å². The molecule has 1 atom stereocenters. The van der Waals surface area contributed by atoms with Crippen molar-refractivity contribution in [2.45, 2.75) is 57.7 Å². The second-order valence-electron chi connectivity index (χ2n) is 9.27. The van der Waals surface area contributed by atoms with Crippen LogP contribution in [-0.2, 0) is 19.6 Å². The largest absolute Gasteiger partial charge is 0.356 e. The number of aromatic nitrogens is 1. The van der Waals surface area contributed by atoms with E-state index in [9.17, 15) is 18.0 Å². The van der Waals surface area contributed by atoms with Crippen LogP contribution in [0.15, 0.2) is 34.1 Å². The Bertz CT molecular complexity index is 1160. The summed E-state index contributed by atoms with van der Waals surface area (Å²) in [5.41, 5.74) is -0.0929. The van der Waals surface area contributed by atoms with Crippen molar-refractivity contribution < 1.29 is 18.0 Å². The minimum absolute atomic E-state index is 0.0730. The molecule has 2 fully saturated rings. The molecule has 2 aliphatic rings. The number of nitrogens with zero attached hydrogens (tertiary/aromatic N) is 3. The lowest BCUT2D eigenvalue weighted by Gasteiger charge is -2.37. The van der Waals surface area contributed by atoms with Crippen molar-refractivity contribution >= 4 is 27.1 Å². The van der Waals surface area contributed by atoms with Crippen molar-refractivity contribution in [1.29, 1.82) is 0 Å². The SMILES string of the molecule is CCCCCS(=O)(=O)N(OCCN1CCOC(Nc2c(Nc3ccncc3)c(=O)c2=O)C1)C1CCC1. The Labute approximate surface area is 211 Å². The molecule has 36 heavy (non-hydrogen) atoms. The van der Waals surface area contributed by atoms with E-state index in [-0.39, 0.29) is 29.8 Å². The maximum absolute atomic E-state index is 12.8. The molecule has 1 unspecified atom stereocenters. The van der Waals surface area contributed by atoms with Crippen LogP contribution in [0.2, 0.25) is 0 Å². The molecule has 1 aliphatic heterocycles. The average molecular weight is 522 g/mol. The van der Waals surface area contributed by atoms with Gasteiger partial charge in [-0.3, -0.25) is 24.3 Å². The third-order valence-corrected chi connectivity index (χ3v) is 8.35. The fraction of sp³-hybridized carbons (Fsp3) is 0.625. The van der Waals surface area contributed by atoms with E-state index in [0.29, 0.717) is 38.3 Å². The normalized spacial score (nSPS) is 19.4. The molecule has 11 nitrogen and oxygen atoms in total. The molecule has 2 heterocycles. The summed E-state index contributed by atoms with van der Waals surface area (Å²) in [6.07, 6.45) is 7.84. The van der Waals surface area contributed by atoms with E-state index in [1.807, 2.05) is 6.92 Å². The molecular formula is C24H35N5O6S. The summed E-state index contributed by atoms with van der Waals surface area (Å²) in [6.45, 7) is 4.35. The van der Waals surface area contributed by atoms with Crippen molar-refractivity contribution in [3.05, 3.63) is 45.0 Å². The van der Waals surface area contributed by atoms with Gasteiger partial charge in [0.1, 0.15) is 17.6 Å². The minimum atomic E-state index is -3.45. The van der Waals surface area contributed by atoms with Gasteiger partial charge in [0.2, 0.25) is 10.0 Å². The van der Waals surface area contributed by atoms with E-state index in [2.05, 4.69) is 20.5 Å². The maximum Gasteiger partial charge on any atom is 0.253 e. The van der Waals surface area contributed by atoms with E-state index >= 15 is 0 Å². The molecule has 2 N–H and O–H groups in total. The van der Waals surface area contributed by atoms with E-state index in [1.165, 1.54) is 4.47 Å². The van der Waals surface area contributed by atoms with Gasteiger partial charge in [0.15, 0.2) is 0 Å². The highest BCUT2D eigenvalue weighted by atomic mass is 32.2. The highest BCUT2D eigenvalue weighted by Crippen LogP contribution is 2.28.